The van der Waals surface area contributed by atoms with E-state index in [1.807, 2.05) is 44.2 Å². The Bertz CT molecular complexity index is 726. The lowest BCUT2D eigenvalue weighted by Gasteiger charge is -2.11. The number of aryl methyl sites for hydroxylation is 2. The lowest BCUT2D eigenvalue weighted by molar-refractivity contribution is -0.115. The number of carbonyl (C=O) groups is 2. The van der Waals surface area contributed by atoms with E-state index in [4.69, 9.17) is 0 Å². The normalized spacial score (nSPS) is 10.0. The van der Waals surface area contributed by atoms with Crippen molar-refractivity contribution in [1.82, 2.24) is 0 Å². The van der Waals surface area contributed by atoms with Gasteiger partial charge in [-0.25, -0.2) is 0 Å². The van der Waals surface area contributed by atoms with E-state index in [9.17, 15) is 9.59 Å². The maximum atomic E-state index is 12.0. The number of anilines is 3. The van der Waals surface area contributed by atoms with Gasteiger partial charge >= 0.3 is 0 Å². The first kappa shape index (κ1) is 16.5. The molecule has 0 heterocycles. The zero-order chi connectivity index (χ0) is 16.8. The summed E-state index contributed by atoms with van der Waals surface area (Å²) in [6, 6.07) is 13.1. The Morgan fingerprint density at radius 2 is 1.70 bits per heavy atom. The van der Waals surface area contributed by atoms with Crippen molar-refractivity contribution in [2.24, 2.45) is 0 Å². The fourth-order valence-electron chi connectivity index (χ4n) is 2.24. The summed E-state index contributed by atoms with van der Waals surface area (Å²) in [7, 11) is 0. The Labute approximate surface area is 136 Å². The van der Waals surface area contributed by atoms with E-state index in [-0.39, 0.29) is 18.4 Å². The molecule has 0 saturated carbocycles. The molecule has 2 rings (SSSR count). The first-order valence-electron chi connectivity index (χ1n) is 7.42. The molecule has 3 N–H and O–H groups in total. The average Bonchev–Trinajstić information content (AvgIpc) is 2.48. The average molecular weight is 311 g/mol. The molecule has 0 aliphatic rings. The molecular weight excluding hydrogens is 290 g/mol. The van der Waals surface area contributed by atoms with Crippen LogP contribution in [0.5, 0.6) is 0 Å². The van der Waals surface area contributed by atoms with E-state index in [0.717, 1.165) is 22.5 Å². The molecule has 2 aromatic carbocycles. The van der Waals surface area contributed by atoms with Crippen molar-refractivity contribution in [2.45, 2.75) is 20.8 Å². The lowest BCUT2D eigenvalue weighted by atomic mass is 10.1. The van der Waals surface area contributed by atoms with Crippen LogP contribution in [0.3, 0.4) is 0 Å². The molecule has 0 unspecified atom stereocenters. The van der Waals surface area contributed by atoms with Crippen LogP contribution in [0.1, 0.15) is 18.1 Å². The van der Waals surface area contributed by atoms with E-state index in [0.29, 0.717) is 5.69 Å². The van der Waals surface area contributed by atoms with E-state index in [2.05, 4.69) is 16.0 Å². The molecule has 2 aromatic rings. The molecule has 0 aliphatic carbocycles. The Morgan fingerprint density at radius 1 is 0.957 bits per heavy atom. The molecule has 0 fully saturated rings. The summed E-state index contributed by atoms with van der Waals surface area (Å²) in [6.45, 7) is 5.59. The van der Waals surface area contributed by atoms with E-state index in [1.54, 1.807) is 12.1 Å². The molecular formula is C18H21N3O2. The molecule has 0 atom stereocenters. The molecule has 2 amide bonds. The second-order valence-corrected chi connectivity index (χ2v) is 5.48. The molecule has 0 spiro atoms. The number of nitrogens with one attached hydrogen (secondary N) is 3. The Morgan fingerprint density at radius 3 is 2.39 bits per heavy atom. The largest absolute Gasteiger partial charge is 0.376 e. The van der Waals surface area contributed by atoms with E-state index >= 15 is 0 Å². The SMILES string of the molecule is CC(=O)Nc1cccc(NCC(=O)Nc2ccc(C)cc2C)c1. The maximum absolute atomic E-state index is 12.0. The quantitative estimate of drug-likeness (QED) is 0.793. The van der Waals surface area contributed by atoms with Gasteiger partial charge in [0.05, 0.1) is 6.54 Å². The highest BCUT2D eigenvalue weighted by Gasteiger charge is 2.05. The van der Waals surface area contributed by atoms with Gasteiger partial charge < -0.3 is 16.0 Å². The van der Waals surface area contributed by atoms with Gasteiger partial charge in [-0.3, -0.25) is 9.59 Å². The van der Waals surface area contributed by atoms with Crippen LogP contribution in [-0.4, -0.2) is 18.4 Å². The molecule has 0 bridgehead atoms. The van der Waals surface area contributed by atoms with Crippen LogP contribution in [0.15, 0.2) is 42.5 Å². The Hall–Kier alpha value is -2.82. The van der Waals surface area contributed by atoms with Gasteiger partial charge in [0.1, 0.15) is 0 Å². The van der Waals surface area contributed by atoms with Gasteiger partial charge in [-0.15, -0.1) is 0 Å². The fourth-order valence-corrected chi connectivity index (χ4v) is 2.24. The Kier molecular flexibility index (Phi) is 5.36. The monoisotopic (exact) mass is 311 g/mol. The molecule has 23 heavy (non-hydrogen) atoms. The molecule has 0 radical (unpaired) electrons. The van der Waals surface area contributed by atoms with Crippen LogP contribution < -0.4 is 16.0 Å². The zero-order valence-corrected chi connectivity index (χ0v) is 13.6. The molecule has 120 valence electrons. The third-order valence-corrected chi connectivity index (χ3v) is 3.29. The summed E-state index contributed by atoms with van der Waals surface area (Å²) >= 11 is 0. The number of rotatable bonds is 5. The lowest BCUT2D eigenvalue weighted by Crippen LogP contribution is -2.22. The minimum atomic E-state index is -0.130. The van der Waals surface area contributed by atoms with Crippen LogP contribution in [0.25, 0.3) is 0 Å². The van der Waals surface area contributed by atoms with Crippen LogP contribution >= 0.6 is 0 Å². The van der Waals surface area contributed by atoms with Crippen molar-refractivity contribution in [3.63, 3.8) is 0 Å². The third kappa shape index (κ3) is 5.14. The molecule has 5 nitrogen and oxygen atoms in total. The minimum Gasteiger partial charge on any atom is -0.376 e. The second-order valence-electron chi connectivity index (χ2n) is 5.48. The molecule has 0 aromatic heterocycles. The predicted octanol–water partition coefficient (Wildman–Crippen LogP) is 3.31. The third-order valence-electron chi connectivity index (χ3n) is 3.29. The fraction of sp³-hybridized carbons (Fsp3) is 0.222. The highest BCUT2D eigenvalue weighted by atomic mass is 16.2. The van der Waals surface area contributed by atoms with Crippen molar-refractivity contribution in [1.29, 1.82) is 0 Å². The number of carbonyl (C=O) groups excluding carboxylic acids is 2. The first-order chi connectivity index (χ1) is 10.9. The van der Waals surface area contributed by atoms with Gasteiger partial charge in [-0.1, -0.05) is 23.8 Å². The minimum absolute atomic E-state index is 0.123. The van der Waals surface area contributed by atoms with Gasteiger partial charge in [0.25, 0.3) is 0 Å². The summed E-state index contributed by atoms with van der Waals surface area (Å²) in [5.74, 6) is -0.253. The van der Waals surface area contributed by atoms with Crippen LogP contribution in [-0.2, 0) is 9.59 Å². The summed E-state index contributed by atoms with van der Waals surface area (Å²) in [5.41, 5.74) is 4.47. The van der Waals surface area contributed by atoms with Crippen LogP contribution in [0.4, 0.5) is 17.1 Å². The van der Waals surface area contributed by atoms with E-state index < -0.39 is 0 Å². The Balaban J connectivity index is 1.92. The standard InChI is InChI=1S/C18H21N3O2/c1-12-7-8-17(13(2)9-12)21-18(23)11-19-15-5-4-6-16(10-15)20-14(3)22/h4-10,19H,11H2,1-3H3,(H,20,22)(H,21,23). The summed E-state index contributed by atoms with van der Waals surface area (Å²) in [6.07, 6.45) is 0. The number of amides is 2. The highest BCUT2D eigenvalue weighted by molar-refractivity contribution is 5.94. The van der Waals surface area contributed by atoms with Crippen LogP contribution in [0.2, 0.25) is 0 Å². The second kappa shape index (κ2) is 7.45. The van der Waals surface area contributed by atoms with Gasteiger partial charge in [0.2, 0.25) is 11.8 Å². The summed E-state index contributed by atoms with van der Waals surface area (Å²) in [4.78, 5) is 23.1. The topological polar surface area (TPSA) is 70.2 Å². The van der Waals surface area contributed by atoms with Crippen molar-refractivity contribution >= 4 is 28.9 Å². The van der Waals surface area contributed by atoms with Crippen molar-refractivity contribution in [3.8, 4) is 0 Å². The van der Waals surface area contributed by atoms with Gasteiger partial charge in [0, 0.05) is 24.0 Å². The van der Waals surface area contributed by atoms with Crippen molar-refractivity contribution < 1.29 is 9.59 Å². The van der Waals surface area contributed by atoms with Crippen molar-refractivity contribution in [2.75, 3.05) is 22.5 Å². The molecule has 0 saturated heterocycles. The van der Waals surface area contributed by atoms with Crippen LogP contribution in [0, 0.1) is 13.8 Å². The molecule has 0 aliphatic heterocycles. The maximum Gasteiger partial charge on any atom is 0.243 e. The van der Waals surface area contributed by atoms with Crippen molar-refractivity contribution in [3.05, 3.63) is 53.6 Å². The summed E-state index contributed by atoms with van der Waals surface area (Å²) < 4.78 is 0. The zero-order valence-electron chi connectivity index (χ0n) is 13.6. The van der Waals surface area contributed by atoms with Gasteiger partial charge in [0.15, 0.2) is 0 Å². The highest BCUT2D eigenvalue weighted by Crippen LogP contribution is 2.17. The number of hydrogen-bond acceptors (Lipinski definition) is 3. The first-order valence-corrected chi connectivity index (χ1v) is 7.42. The van der Waals surface area contributed by atoms with Gasteiger partial charge in [-0.2, -0.15) is 0 Å². The predicted molar refractivity (Wildman–Crippen MR) is 93.8 cm³/mol. The number of benzene rings is 2. The molecule has 5 heteroatoms. The summed E-state index contributed by atoms with van der Waals surface area (Å²) in [5, 5.41) is 8.64. The van der Waals surface area contributed by atoms with E-state index in [1.165, 1.54) is 6.92 Å². The number of hydrogen-bond donors (Lipinski definition) is 3. The van der Waals surface area contributed by atoms with Gasteiger partial charge in [-0.05, 0) is 43.7 Å². The smallest absolute Gasteiger partial charge is 0.243 e.